The van der Waals surface area contributed by atoms with Crippen LogP contribution < -0.4 is 24.3 Å². The van der Waals surface area contributed by atoms with Gasteiger partial charge in [-0.05, 0) is 64.2 Å². The third-order valence-corrected chi connectivity index (χ3v) is 5.82. The number of nitrogens with one attached hydrogen (secondary N) is 1. The molecular weight excluding hydrogens is 458 g/mol. The number of benzene rings is 2. The van der Waals surface area contributed by atoms with E-state index in [0.29, 0.717) is 31.6 Å². The Labute approximate surface area is 186 Å². The van der Waals surface area contributed by atoms with Crippen molar-refractivity contribution in [3.63, 3.8) is 0 Å². The maximum atomic E-state index is 6.08. The molecule has 0 amide bonds. The predicted molar refractivity (Wildman–Crippen MR) is 119 cm³/mol. The molecule has 0 spiro atoms. The molecule has 29 heavy (non-hydrogen) atoms. The van der Waals surface area contributed by atoms with E-state index < -0.39 is 0 Å². The summed E-state index contributed by atoms with van der Waals surface area (Å²) < 4.78 is 23.8. The summed E-state index contributed by atoms with van der Waals surface area (Å²) in [5.41, 5.74) is 2.20. The summed E-state index contributed by atoms with van der Waals surface area (Å²) in [4.78, 5) is 0. The minimum absolute atomic E-state index is 0. The lowest BCUT2D eigenvalue weighted by Crippen LogP contribution is -2.25. The summed E-state index contributed by atoms with van der Waals surface area (Å²) in [7, 11) is 1.67. The number of methoxy groups -OCH3 is 1. The fourth-order valence-corrected chi connectivity index (χ4v) is 4.34. The lowest BCUT2D eigenvalue weighted by Gasteiger charge is -2.19. The van der Waals surface area contributed by atoms with Crippen LogP contribution in [-0.2, 0) is 13.2 Å². The Kier molecular flexibility index (Phi) is 7.92. The maximum Gasteiger partial charge on any atom is 0.175 e. The molecule has 0 aromatic heterocycles. The van der Waals surface area contributed by atoms with Crippen molar-refractivity contribution in [2.45, 2.75) is 44.9 Å². The van der Waals surface area contributed by atoms with Crippen molar-refractivity contribution < 1.29 is 18.9 Å². The van der Waals surface area contributed by atoms with Gasteiger partial charge >= 0.3 is 0 Å². The van der Waals surface area contributed by atoms with Crippen LogP contribution in [0.3, 0.4) is 0 Å². The molecule has 1 aliphatic carbocycles. The molecule has 1 heterocycles. The standard InChI is InChI=1S/C22H26BrNO4.ClH/c1-25-21-12-16(13-24-17-4-2-3-5-17)10-18(23)22(21)28-14-15-6-7-19-20(11-15)27-9-8-26-19;/h6-7,10-12,17,24H,2-5,8-9,13-14H2,1H3;1H. The minimum atomic E-state index is 0. The van der Waals surface area contributed by atoms with Crippen LogP contribution in [0.2, 0.25) is 0 Å². The van der Waals surface area contributed by atoms with Crippen LogP contribution in [0.15, 0.2) is 34.8 Å². The van der Waals surface area contributed by atoms with E-state index in [1.807, 2.05) is 24.3 Å². The Hall–Kier alpha value is -1.63. The van der Waals surface area contributed by atoms with Gasteiger partial charge in [0, 0.05) is 12.6 Å². The molecule has 1 N–H and O–H groups in total. The molecule has 7 heteroatoms. The van der Waals surface area contributed by atoms with Crippen LogP contribution >= 0.6 is 28.3 Å². The van der Waals surface area contributed by atoms with Gasteiger partial charge in [0.1, 0.15) is 19.8 Å². The van der Waals surface area contributed by atoms with E-state index in [4.69, 9.17) is 18.9 Å². The molecule has 0 bridgehead atoms. The van der Waals surface area contributed by atoms with Crippen molar-refractivity contribution in [2.75, 3.05) is 20.3 Å². The normalized spacial score (nSPS) is 15.7. The third kappa shape index (κ3) is 5.50. The van der Waals surface area contributed by atoms with Crippen molar-refractivity contribution in [2.24, 2.45) is 0 Å². The Bertz CT molecular complexity index is 827. The fraction of sp³-hybridized carbons (Fsp3) is 0.455. The van der Waals surface area contributed by atoms with Gasteiger partial charge in [-0.2, -0.15) is 0 Å². The molecule has 4 rings (SSSR count). The summed E-state index contributed by atoms with van der Waals surface area (Å²) in [6.07, 6.45) is 5.21. The van der Waals surface area contributed by atoms with Gasteiger partial charge in [0.15, 0.2) is 23.0 Å². The molecule has 0 unspecified atom stereocenters. The first kappa shape index (κ1) is 22.1. The molecule has 0 radical (unpaired) electrons. The zero-order valence-corrected chi connectivity index (χ0v) is 18.9. The van der Waals surface area contributed by atoms with Gasteiger partial charge in [-0.1, -0.05) is 18.9 Å². The Balaban J connectivity index is 0.00000240. The summed E-state index contributed by atoms with van der Waals surface area (Å²) in [5.74, 6) is 3.00. The van der Waals surface area contributed by atoms with Crippen LogP contribution in [-0.4, -0.2) is 26.4 Å². The lowest BCUT2D eigenvalue weighted by atomic mass is 10.1. The Morgan fingerprint density at radius 2 is 1.79 bits per heavy atom. The summed E-state index contributed by atoms with van der Waals surface area (Å²) in [6, 6.07) is 10.7. The molecule has 2 aromatic carbocycles. The van der Waals surface area contributed by atoms with Crippen molar-refractivity contribution in [3.05, 3.63) is 45.9 Å². The number of fused-ring (bicyclic) bond motifs is 1. The quantitative estimate of drug-likeness (QED) is 0.581. The van der Waals surface area contributed by atoms with Crippen LogP contribution in [0.5, 0.6) is 23.0 Å². The molecule has 2 aromatic rings. The molecule has 1 saturated carbocycles. The molecule has 2 aliphatic rings. The van der Waals surface area contributed by atoms with E-state index in [0.717, 1.165) is 33.8 Å². The zero-order valence-electron chi connectivity index (χ0n) is 16.5. The summed E-state index contributed by atoms with van der Waals surface area (Å²) >= 11 is 3.65. The van der Waals surface area contributed by atoms with Crippen molar-refractivity contribution in [1.82, 2.24) is 5.32 Å². The molecule has 1 aliphatic heterocycles. The van der Waals surface area contributed by atoms with Gasteiger partial charge in [-0.15, -0.1) is 12.4 Å². The van der Waals surface area contributed by atoms with Gasteiger partial charge in [0.05, 0.1) is 11.6 Å². The molecule has 0 atom stereocenters. The predicted octanol–water partition coefficient (Wildman–Crippen LogP) is 5.26. The fourth-order valence-electron chi connectivity index (χ4n) is 3.74. The van der Waals surface area contributed by atoms with Crippen LogP contribution in [0.1, 0.15) is 36.8 Å². The number of hydrogen-bond acceptors (Lipinski definition) is 5. The van der Waals surface area contributed by atoms with E-state index >= 15 is 0 Å². The van der Waals surface area contributed by atoms with Crippen molar-refractivity contribution in [3.8, 4) is 23.0 Å². The Morgan fingerprint density at radius 1 is 1.03 bits per heavy atom. The summed E-state index contributed by atoms with van der Waals surface area (Å²) in [6.45, 7) is 2.43. The minimum Gasteiger partial charge on any atom is -0.493 e. The second-order valence-electron chi connectivity index (χ2n) is 7.24. The molecule has 0 saturated heterocycles. The highest BCUT2D eigenvalue weighted by Crippen LogP contribution is 2.38. The van der Waals surface area contributed by atoms with E-state index in [9.17, 15) is 0 Å². The molecule has 158 valence electrons. The Morgan fingerprint density at radius 3 is 2.55 bits per heavy atom. The lowest BCUT2D eigenvalue weighted by molar-refractivity contribution is 0.171. The maximum absolute atomic E-state index is 6.08. The van der Waals surface area contributed by atoms with Crippen LogP contribution in [0.4, 0.5) is 0 Å². The second kappa shape index (κ2) is 10.4. The SMILES string of the molecule is COc1cc(CNC2CCCC2)cc(Br)c1OCc1ccc2c(c1)OCCO2.Cl. The number of rotatable bonds is 7. The number of halogens is 2. The largest absolute Gasteiger partial charge is 0.493 e. The first-order chi connectivity index (χ1) is 13.7. The van der Waals surface area contributed by atoms with Crippen LogP contribution in [0.25, 0.3) is 0 Å². The monoisotopic (exact) mass is 483 g/mol. The van der Waals surface area contributed by atoms with E-state index in [1.165, 1.54) is 31.2 Å². The molecule has 5 nitrogen and oxygen atoms in total. The highest BCUT2D eigenvalue weighted by molar-refractivity contribution is 9.10. The molecular formula is C22H27BrClNO4. The number of ether oxygens (including phenoxy) is 4. The second-order valence-corrected chi connectivity index (χ2v) is 8.09. The van der Waals surface area contributed by atoms with Gasteiger partial charge in [0.2, 0.25) is 0 Å². The third-order valence-electron chi connectivity index (χ3n) is 5.23. The smallest absolute Gasteiger partial charge is 0.175 e. The highest BCUT2D eigenvalue weighted by Gasteiger charge is 2.17. The highest BCUT2D eigenvalue weighted by atomic mass is 79.9. The van der Waals surface area contributed by atoms with Gasteiger partial charge < -0.3 is 24.3 Å². The average molecular weight is 485 g/mol. The van der Waals surface area contributed by atoms with Gasteiger partial charge in [-0.25, -0.2) is 0 Å². The van der Waals surface area contributed by atoms with E-state index in [1.54, 1.807) is 7.11 Å². The van der Waals surface area contributed by atoms with E-state index in [-0.39, 0.29) is 12.4 Å². The first-order valence-corrected chi connectivity index (χ1v) is 10.6. The topological polar surface area (TPSA) is 49.0 Å². The summed E-state index contributed by atoms with van der Waals surface area (Å²) in [5, 5.41) is 3.64. The van der Waals surface area contributed by atoms with Gasteiger partial charge in [0.25, 0.3) is 0 Å². The van der Waals surface area contributed by atoms with E-state index in [2.05, 4.69) is 27.3 Å². The van der Waals surface area contributed by atoms with Gasteiger partial charge in [-0.3, -0.25) is 0 Å². The van der Waals surface area contributed by atoms with Crippen molar-refractivity contribution in [1.29, 1.82) is 0 Å². The average Bonchev–Trinajstić information content (AvgIpc) is 3.24. The molecule has 1 fully saturated rings. The first-order valence-electron chi connectivity index (χ1n) is 9.84. The number of hydrogen-bond donors (Lipinski definition) is 1. The van der Waals surface area contributed by atoms with Crippen LogP contribution in [0, 0.1) is 0 Å². The van der Waals surface area contributed by atoms with Crippen molar-refractivity contribution >= 4 is 28.3 Å². The zero-order chi connectivity index (χ0) is 19.3.